The molecule has 0 saturated carbocycles. The predicted molar refractivity (Wildman–Crippen MR) is 102 cm³/mol. The Morgan fingerprint density at radius 1 is 0.542 bits per heavy atom. The minimum atomic E-state index is -3.22. The molecule has 1 aliphatic rings. The molecule has 122 valence electrons. The van der Waals surface area contributed by atoms with Gasteiger partial charge in [0.2, 0.25) is 0 Å². The zero-order valence-corrected chi connectivity index (χ0v) is 15.1. The van der Waals surface area contributed by atoms with Crippen molar-refractivity contribution in [2.24, 2.45) is 0 Å². The van der Waals surface area contributed by atoms with Crippen molar-refractivity contribution in [3.8, 4) is 0 Å². The number of rotatable bonds is 3. The van der Waals surface area contributed by atoms with Gasteiger partial charge in [0.15, 0.2) is 0 Å². The number of hydrogen-bond donors (Lipinski definition) is 0. The molecule has 1 aliphatic heterocycles. The van der Waals surface area contributed by atoms with E-state index in [1.165, 1.54) is 16.7 Å². The van der Waals surface area contributed by atoms with Crippen LogP contribution < -0.4 is 15.9 Å². The molecular formula is C21H21O2P. The van der Waals surface area contributed by atoms with Gasteiger partial charge in [-0.1, -0.05) is 0 Å². The van der Waals surface area contributed by atoms with Gasteiger partial charge < -0.3 is 0 Å². The molecule has 2 nitrogen and oxygen atoms in total. The third-order valence-corrected chi connectivity index (χ3v) is 8.96. The van der Waals surface area contributed by atoms with Crippen molar-refractivity contribution in [3.05, 3.63) is 89.5 Å². The topological polar surface area (TPSA) is 25.1 Å². The van der Waals surface area contributed by atoms with Gasteiger partial charge >= 0.3 is 143 Å². The van der Waals surface area contributed by atoms with Crippen molar-refractivity contribution in [2.75, 3.05) is 0 Å². The first kappa shape index (κ1) is 15.5. The number of aryl methyl sites for hydroxylation is 3. The van der Waals surface area contributed by atoms with Crippen LogP contribution in [-0.4, -0.2) is 0 Å². The predicted octanol–water partition coefficient (Wildman–Crippen LogP) is 4.23. The summed E-state index contributed by atoms with van der Waals surface area (Å²) in [6.07, 6.45) is 0. The zero-order valence-electron chi connectivity index (χ0n) is 14.2. The van der Waals surface area contributed by atoms with Crippen molar-refractivity contribution in [1.29, 1.82) is 0 Å². The van der Waals surface area contributed by atoms with Gasteiger partial charge in [0, 0.05) is 0 Å². The summed E-state index contributed by atoms with van der Waals surface area (Å²) in [6.45, 7) is 6.31. The van der Waals surface area contributed by atoms with E-state index in [0.717, 1.165) is 15.9 Å². The number of benzene rings is 3. The molecule has 4 rings (SSSR count). The van der Waals surface area contributed by atoms with Gasteiger partial charge in [0.1, 0.15) is 0 Å². The molecule has 0 radical (unpaired) electrons. The molecule has 3 aromatic carbocycles. The standard InChI is InChI=1S/C21H21O2P/c1-16-7-4-10-19(13-16)24(22-23-24,20-11-5-8-17(2)14-20)21-12-6-9-18(3)15-21/h4-15H,1-3H3. The van der Waals surface area contributed by atoms with E-state index >= 15 is 0 Å². The average molecular weight is 336 g/mol. The molecule has 3 heteroatoms. The fraction of sp³-hybridized carbons (Fsp3) is 0.143. The molecule has 0 amide bonds. The van der Waals surface area contributed by atoms with Crippen molar-refractivity contribution in [1.82, 2.24) is 0 Å². The second-order valence-corrected chi connectivity index (χ2v) is 10.4. The molecule has 0 aliphatic carbocycles. The Labute approximate surface area is 143 Å². The van der Waals surface area contributed by atoms with Crippen LogP contribution in [0.1, 0.15) is 16.7 Å². The molecule has 0 aromatic heterocycles. The first-order valence-electron chi connectivity index (χ1n) is 8.17. The molecule has 1 fully saturated rings. The van der Waals surface area contributed by atoms with E-state index in [0.29, 0.717) is 0 Å². The zero-order chi connectivity index (χ0) is 16.8. The van der Waals surface area contributed by atoms with Crippen LogP contribution in [0.5, 0.6) is 0 Å². The second kappa shape index (κ2) is 5.26. The van der Waals surface area contributed by atoms with Crippen LogP contribution in [0.3, 0.4) is 0 Å². The normalized spacial score (nSPS) is 19.2. The summed E-state index contributed by atoms with van der Waals surface area (Å²) >= 11 is 0. The molecule has 0 unspecified atom stereocenters. The summed E-state index contributed by atoms with van der Waals surface area (Å²) in [6, 6.07) is 25.5. The Morgan fingerprint density at radius 2 is 0.875 bits per heavy atom. The quantitative estimate of drug-likeness (QED) is 0.406. The Kier molecular flexibility index (Phi) is 3.40. The summed E-state index contributed by atoms with van der Waals surface area (Å²) in [5.74, 6) is 0. The van der Waals surface area contributed by atoms with E-state index in [-0.39, 0.29) is 0 Å². The molecule has 1 heterocycles. The van der Waals surface area contributed by atoms with Gasteiger partial charge in [-0.3, -0.25) is 0 Å². The SMILES string of the molecule is Cc1cccc(P2(c3cccc(C)c3)(c3cccc(C)c3)OO2)c1. The Hall–Kier alpha value is -1.99. The molecular weight excluding hydrogens is 315 g/mol. The fourth-order valence-corrected chi connectivity index (χ4v) is 7.59. The van der Waals surface area contributed by atoms with Crippen molar-refractivity contribution < 1.29 is 9.35 Å². The maximum atomic E-state index is 6.04. The van der Waals surface area contributed by atoms with Gasteiger partial charge in [-0.2, -0.15) is 0 Å². The van der Waals surface area contributed by atoms with Crippen LogP contribution in [0.2, 0.25) is 0 Å². The minimum absolute atomic E-state index is 1.12. The van der Waals surface area contributed by atoms with Crippen LogP contribution >= 0.6 is 7.06 Å². The second-order valence-electron chi connectivity index (χ2n) is 6.62. The molecule has 0 atom stereocenters. The monoisotopic (exact) mass is 336 g/mol. The van der Waals surface area contributed by atoms with Gasteiger partial charge in [-0.25, -0.2) is 0 Å². The van der Waals surface area contributed by atoms with Crippen LogP contribution in [0.4, 0.5) is 0 Å². The van der Waals surface area contributed by atoms with E-state index in [1.54, 1.807) is 0 Å². The fourth-order valence-electron chi connectivity index (χ4n) is 3.40. The van der Waals surface area contributed by atoms with Crippen molar-refractivity contribution >= 4 is 23.0 Å². The average Bonchev–Trinajstić information content (AvgIpc) is 3.34. The molecule has 0 N–H and O–H groups in total. The Bertz CT molecular complexity index is 811. The molecule has 0 spiro atoms. The van der Waals surface area contributed by atoms with Crippen molar-refractivity contribution in [2.45, 2.75) is 20.8 Å². The summed E-state index contributed by atoms with van der Waals surface area (Å²) in [5, 5.41) is 3.37. The Morgan fingerprint density at radius 3 is 1.12 bits per heavy atom. The maximum absolute atomic E-state index is 6.04. The van der Waals surface area contributed by atoms with Gasteiger partial charge in [-0.15, -0.1) is 0 Å². The molecule has 3 aromatic rings. The van der Waals surface area contributed by atoms with E-state index in [2.05, 4.69) is 93.6 Å². The van der Waals surface area contributed by atoms with Crippen LogP contribution in [0.15, 0.2) is 72.8 Å². The van der Waals surface area contributed by atoms with E-state index in [4.69, 9.17) is 9.35 Å². The van der Waals surface area contributed by atoms with E-state index < -0.39 is 7.06 Å². The van der Waals surface area contributed by atoms with Crippen LogP contribution in [0.25, 0.3) is 0 Å². The van der Waals surface area contributed by atoms with Gasteiger partial charge in [0.25, 0.3) is 0 Å². The van der Waals surface area contributed by atoms with E-state index in [9.17, 15) is 0 Å². The van der Waals surface area contributed by atoms with Crippen LogP contribution in [-0.2, 0) is 9.35 Å². The van der Waals surface area contributed by atoms with Crippen LogP contribution in [0, 0.1) is 20.8 Å². The summed E-state index contributed by atoms with van der Waals surface area (Å²) in [7, 11) is -3.22. The summed E-state index contributed by atoms with van der Waals surface area (Å²) < 4.78 is 12.1. The summed E-state index contributed by atoms with van der Waals surface area (Å²) in [4.78, 5) is 0. The Balaban J connectivity index is 2.08. The van der Waals surface area contributed by atoms with Crippen molar-refractivity contribution in [3.63, 3.8) is 0 Å². The number of hydrogen-bond acceptors (Lipinski definition) is 2. The van der Waals surface area contributed by atoms with E-state index in [1.807, 2.05) is 0 Å². The third kappa shape index (κ3) is 2.08. The molecule has 24 heavy (non-hydrogen) atoms. The molecule has 0 bridgehead atoms. The summed E-state index contributed by atoms with van der Waals surface area (Å²) in [5.41, 5.74) is 3.61. The van der Waals surface area contributed by atoms with Gasteiger partial charge in [-0.05, 0) is 0 Å². The third-order valence-electron chi connectivity index (χ3n) is 4.71. The van der Waals surface area contributed by atoms with Gasteiger partial charge in [0.05, 0.1) is 0 Å². The molecule has 1 saturated heterocycles. The first-order chi connectivity index (χ1) is 11.5. The first-order valence-corrected chi connectivity index (χ1v) is 10.2.